The number of hydrogen-bond donors (Lipinski definition) is 1. The number of benzene rings is 1. The van der Waals surface area contributed by atoms with Gasteiger partial charge in [0.1, 0.15) is 5.03 Å². The van der Waals surface area contributed by atoms with Crippen LogP contribution in [0.3, 0.4) is 0 Å². The van der Waals surface area contributed by atoms with E-state index >= 15 is 0 Å². The van der Waals surface area contributed by atoms with Crippen molar-refractivity contribution in [1.82, 2.24) is 14.9 Å². The molecule has 2 aromatic rings. The molecule has 138 valence electrons. The minimum Gasteiger partial charge on any atom is -0.337 e. The van der Waals surface area contributed by atoms with Crippen molar-refractivity contribution in [3.05, 3.63) is 36.2 Å². The monoisotopic (exact) mass is 368 g/mol. The van der Waals surface area contributed by atoms with Crippen LogP contribution in [0.25, 0.3) is 0 Å². The Morgan fingerprint density at radius 3 is 2.81 bits per heavy atom. The summed E-state index contributed by atoms with van der Waals surface area (Å²) in [6, 6.07) is 6.83. The van der Waals surface area contributed by atoms with E-state index in [2.05, 4.69) is 45.3 Å². The fourth-order valence-electron chi connectivity index (χ4n) is 5.28. The van der Waals surface area contributed by atoms with Gasteiger partial charge in [-0.3, -0.25) is 4.90 Å². The van der Waals surface area contributed by atoms with Crippen LogP contribution in [0.2, 0.25) is 0 Å². The van der Waals surface area contributed by atoms with Crippen LogP contribution in [0.5, 0.6) is 0 Å². The number of anilines is 2. The molecule has 0 radical (unpaired) electrons. The molecule has 1 aliphatic carbocycles. The molecule has 2 fully saturated rings. The first-order chi connectivity index (χ1) is 12.8. The SMILES string of the molecule is CCC1C2CCCC1CN(Cc1ccc3c(c1)Nc1nccnc1S3)C2.[HH]. The minimum absolute atomic E-state index is 0. The van der Waals surface area contributed by atoms with Crippen molar-refractivity contribution in [3.63, 3.8) is 0 Å². The maximum Gasteiger partial charge on any atom is 0.163 e. The first-order valence-corrected chi connectivity index (χ1v) is 10.7. The van der Waals surface area contributed by atoms with E-state index in [0.717, 1.165) is 35.1 Å². The third-order valence-corrected chi connectivity index (χ3v) is 7.46. The molecule has 4 nitrogen and oxygen atoms in total. The summed E-state index contributed by atoms with van der Waals surface area (Å²) in [5.41, 5.74) is 2.57. The predicted octanol–water partition coefficient (Wildman–Crippen LogP) is 5.19. The second kappa shape index (κ2) is 6.86. The molecule has 1 aromatic heterocycles. The van der Waals surface area contributed by atoms with Gasteiger partial charge in [0.05, 0.1) is 5.69 Å². The smallest absolute Gasteiger partial charge is 0.163 e. The van der Waals surface area contributed by atoms with Crippen molar-refractivity contribution in [1.29, 1.82) is 0 Å². The lowest BCUT2D eigenvalue weighted by atomic mass is 9.68. The van der Waals surface area contributed by atoms with Gasteiger partial charge in [-0.25, -0.2) is 9.97 Å². The second-order valence-electron chi connectivity index (χ2n) is 7.98. The van der Waals surface area contributed by atoms with Crippen molar-refractivity contribution in [2.75, 3.05) is 18.4 Å². The zero-order chi connectivity index (χ0) is 17.5. The quantitative estimate of drug-likeness (QED) is 0.689. The van der Waals surface area contributed by atoms with Gasteiger partial charge in [-0.15, -0.1) is 0 Å². The van der Waals surface area contributed by atoms with E-state index in [9.17, 15) is 0 Å². The number of nitrogens with zero attached hydrogens (tertiary/aromatic N) is 3. The Kier molecular flexibility index (Phi) is 4.37. The highest BCUT2D eigenvalue weighted by Gasteiger charge is 2.38. The highest BCUT2D eigenvalue weighted by molar-refractivity contribution is 7.99. The van der Waals surface area contributed by atoms with Gasteiger partial charge in [-0.1, -0.05) is 37.6 Å². The number of aromatic nitrogens is 2. The first-order valence-electron chi connectivity index (χ1n) is 9.91. The molecule has 1 aromatic carbocycles. The molecule has 2 aliphatic heterocycles. The van der Waals surface area contributed by atoms with Gasteiger partial charge >= 0.3 is 0 Å². The number of hydrogen-bond acceptors (Lipinski definition) is 5. The van der Waals surface area contributed by atoms with Crippen LogP contribution in [0.4, 0.5) is 11.5 Å². The fourth-order valence-corrected chi connectivity index (χ4v) is 6.16. The second-order valence-corrected chi connectivity index (χ2v) is 9.02. The van der Waals surface area contributed by atoms with E-state index < -0.39 is 0 Å². The average molecular weight is 369 g/mol. The Bertz CT molecular complexity index is 801. The number of fused-ring (bicyclic) bond motifs is 4. The molecule has 5 rings (SSSR count). The van der Waals surface area contributed by atoms with Crippen LogP contribution in [0.15, 0.2) is 40.5 Å². The van der Waals surface area contributed by atoms with Gasteiger partial charge in [0, 0.05) is 38.4 Å². The number of nitrogens with one attached hydrogen (secondary N) is 1. The van der Waals surface area contributed by atoms with E-state index in [-0.39, 0.29) is 1.43 Å². The van der Waals surface area contributed by atoms with E-state index in [1.807, 2.05) is 0 Å². The third kappa shape index (κ3) is 3.01. The van der Waals surface area contributed by atoms with Crippen LogP contribution in [0.1, 0.15) is 39.6 Å². The van der Waals surface area contributed by atoms with Crippen molar-refractivity contribution < 1.29 is 1.43 Å². The molecule has 2 unspecified atom stereocenters. The van der Waals surface area contributed by atoms with Crippen molar-refractivity contribution in [3.8, 4) is 0 Å². The van der Waals surface area contributed by atoms with Gasteiger partial charge in [0.2, 0.25) is 0 Å². The van der Waals surface area contributed by atoms with E-state index in [1.54, 1.807) is 24.2 Å². The number of rotatable bonds is 3. The summed E-state index contributed by atoms with van der Waals surface area (Å²) < 4.78 is 0. The third-order valence-electron chi connectivity index (χ3n) is 6.39. The highest BCUT2D eigenvalue weighted by atomic mass is 32.2. The Morgan fingerprint density at radius 1 is 1.19 bits per heavy atom. The molecular weight excluding hydrogens is 340 g/mol. The maximum atomic E-state index is 4.41. The Labute approximate surface area is 161 Å². The summed E-state index contributed by atoms with van der Waals surface area (Å²) >= 11 is 1.70. The fraction of sp³-hybridized carbons (Fsp3) is 0.524. The molecule has 1 N–H and O–H groups in total. The van der Waals surface area contributed by atoms with Gasteiger partial charge < -0.3 is 5.32 Å². The zero-order valence-corrected chi connectivity index (χ0v) is 16.1. The van der Waals surface area contributed by atoms with Crippen LogP contribution in [-0.2, 0) is 6.54 Å². The predicted molar refractivity (Wildman–Crippen MR) is 108 cm³/mol. The highest BCUT2D eigenvalue weighted by Crippen LogP contribution is 2.43. The minimum atomic E-state index is 0. The normalized spacial score (nSPS) is 27.3. The molecular formula is C21H28N4S. The van der Waals surface area contributed by atoms with Crippen molar-refractivity contribution in [2.24, 2.45) is 17.8 Å². The molecule has 3 aliphatic rings. The summed E-state index contributed by atoms with van der Waals surface area (Å²) in [6.07, 6.45) is 9.18. The Hall–Kier alpha value is -1.59. The van der Waals surface area contributed by atoms with Crippen LogP contribution < -0.4 is 5.32 Å². The number of piperidine rings is 1. The van der Waals surface area contributed by atoms with Crippen LogP contribution in [-0.4, -0.2) is 28.0 Å². The summed E-state index contributed by atoms with van der Waals surface area (Å²) in [4.78, 5) is 12.8. The Balaban J connectivity index is 0.00000180. The van der Waals surface area contributed by atoms with E-state index in [0.29, 0.717) is 0 Å². The van der Waals surface area contributed by atoms with Crippen LogP contribution >= 0.6 is 11.8 Å². The first kappa shape index (κ1) is 16.6. The molecule has 0 amide bonds. The molecule has 26 heavy (non-hydrogen) atoms. The molecule has 2 atom stereocenters. The lowest BCUT2D eigenvalue weighted by Gasteiger charge is -2.47. The molecule has 0 spiro atoms. The molecule has 1 saturated heterocycles. The molecule has 2 bridgehead atoms. The van der Waals surface area contributed by atoms with Gasteiger partial charge in [-0.05, 0) is 48.3 Å². The molecule has 1 saturated carbocycles. The average Bonchev–Trinajstić information content (AvgIpc) is 2.65. The summed E-state index contributed by atoms with van der Waals surface area (Å²) in [6.45, 7) is 6.01. The van der Waals surface area contributed by atoms with E-state index in [4.69, 9.17) is 0 Å². The standard InChI is InChI=1S/C21H26N4S.H2/c1-2-17-15-4-3-5-16(17)13-25(12-15)11-14-6-7-19-18(10-14)24-20-21(26-19)23-9-8-22-20;/h6-10,15-17H,2-5,11-13H2,1H3,(H,22,24);1H. The molecule has 3 heterocycles. The van der Waals surface area contributed by atoms with Crippen molar-refractivity contribution in [2.45, 2.75) is 49.1 Å². The van der Waals surface area contributed by atoms with Gasteiger partial charge in [-0.2, -0.15) is 0 Å². The van der Waals surface area contributed by atoms with Crippen molar-refractivity contribution >= 4 is 23.3 Å². The van der Waals surface area contributed by atoms with Crippen LogP contribution in [0, 0.1) is 17.8 Å². The Morgan fingerprint density at radius 2 is 2.00 bits per heavy atom. The zero-order valence-electron chi connectivity index (χ0n) is 15.3. The van der Waals surface area contributed by atoms with E-state index in [1.165, 1.54) is 54.9 Å². The van der Waals surface area contributed by atoms with Gasteiger partial charge in [0.25, 0.3) is 0 Å². The number of likely N-dealkylation sites (tertiary alicyclic amines) is 1. The van der Waals surface area contributed by atoms with Gasteiger partial charge in [0.15, 0.2) is 5.82 Å². The lowest BCUT2D eigenvalue weighted by molar-refractivity contribution is 0.0170. The topological polar surface area (TPSA) is 41.0 Å². The molecule has 5 heteroatoms. The maximum absolute atomic E-state index is 4.41. The summed E-state index contributed by atoms with van der Waals surface area (Å²) in [5, 5.41) is 4.42. The lowest BCUT2D eigenvalue weighted by Crippen LogP contribution is -2.47. The largest absolute Gasteiger partial charge is 0.337 e. The summed E-state index contributed by atoms with van der Waals surface area (Å²) in [5.74, 6) is 3.68. The summed E-state index contributed by atoms with van der Waals surface area (Å²) in [7, 11) is 0.